The molecule has 0 fully saturated rings. The second kappa shape index (κ2) is 5.40. The fourth-order valence-electron chi connectivity index (χ4n) is 1.83. The van der Waals surface area contributed by atoms with Crippen LogP contribution in [-0.4, -0.2) is 19.1 Å². The summed E-state index contributed by atoms with van der Waals surface area (Å²) in [7, 11) is 3.67. The Morgan fingerprint density at radius 2 is 2.06 bits per heavy atom. The van der Waals surface area contributed by atoms with E-state index in [4.69, 9.17) is 4.74 Å². The van der Waals surface area contributed by atoms with Crippen molar-refractivity contribution in [3.05, 3.63) is 46.6 Å². The number of ether oxygens (including phenoxy) is 1. The Hall–Kier alpha value is -1.55. The quantitative estimate of drug-likeness (QED) is 0.859. The van der Waals surface area contributed by atoms with E-state index in [2.05, 4.69) is 27.0 Å². The molecule has 0 unspecified atom stereocenters. The van der Waals surface area contributed by atoms with Gasteiger partial charge in [-0.25, -0.2) is 4.98 Å². The van der Waals surface area contributed by atoms with Gasteiger partial charge in [-0.1, -0.05) is 6.07 Å². The Morgan fingerprint density at radius 1 is 1.28 bits per heavy atom. The van der Waals surface area contributed by atoms with Crippen molar-refractivity contribution in [2.45, 2.75) is 6.92 Å². The van der Waals surface area contributed by atoms with Gasteiger partial charge in [-0.3, -0.25) is 0 Å². The molecular formula is C14H15BrN2O. The average Bonchev–Trinajstić information content (AvgIpc) is 2.38. The highest BCUT2D eigenvalue weighted by Gasteiger charge is 2.09. The third-order valence-corrected chi connectivity index (χ3v) is 3.21. The van der Waals surface area contributed by atoms with Gasteiger partial charge in [-0.2, -0.15) is 0 Å². The minimum absolute atomic E-state index is 0.842. The summed E-state index contributed by atoms with van der Waals surface area (Å²) in [5, 5.41) is 0. The van der Waals surface area contributed by atoms with Crippen molar-refractivity contribution >= 4 is 27.4 Å². The molecule has 1 aromatic carbocycles. The molecule has 0 saturated carbocycles. The van der Waals surface area contributed by atoms with Gasteiger partial charge in [-0.15, -0.1) is 0 Å². The number of rotatable bonds is 3. The average molecular weight is 307 g/mol. The fraction of sp³-hybridized carbons (Fsp3) is 0.214. The summed E-state index contributed by atoms with van der Waals surface area (Å²) >= 11 is 3.42. The first-order valence-corrected chi connectivity index (χ1v) is 6.41. The highest BCUT2D eigenvalue weighted by atomic mass is 79.9. The molecule has 0 aliphatic rings. The Labute approximate surface area is 116 Å². The summed E-state index contributed by atoms with van der Waals surface area (Å²) in [5.41, 5.74) is 2.17. The highest BCUT2D eigenvalue weighted by Crippen LogP contribution is 2.28. The van der Waals surface area contributed by atoms with Crippen LogP contribution in [0.1, 0.15) is 5.56 Å². The van der Waals surface area contributed by atoms with Crippen molar-refractivity contribution < 1.29 is 4.74 Å². The molecule has 0 aliphatic heterocycles. The van der Waals surface area contributed by atoms with Crippen molar-refractivity contribution in [1.29, 1.82) is 0 Å². The second-order valence-corrected chi connectivity index (χ2v) is 4.97. The lowest BCUT2D eigenvalue weighted by atomic mass is 10.2. The van der Waals surface area contributed by atoms with Gasteiger partial charge >= 0.3 is 0 Å². The number of anilines is 2. The standard InChI is InChI=1S/C14H15BrN2O/c1-10-7-11(15)9-16-14(10)17(2)12-5-4-6-13(8-12)18-3/h4-9H,1-3H3. The van der Waals surface area contributed by atoms with Crippen LogP contribution in [-0.2, 0) is 0 Å². The monoisotopic (exact) mass is 306 g/mol. The van der Waals surface area contributed by atoms with E-state index in [-0.39, 0.29) is 0 Å². The molecule has 0 amide bonds. The maximum Gasteiger partial charge on any atom is 0.135 e. The Morgan fingerprint density at radius 3 is 2.72 bits per heavy atom. The van der Waals surface area contributed by atoms with Gasteiger partial charge in [-0.05, 0) is 46.6 Å². The Bertz CT molecular complexity index is 557. The molecule has 3 nitrogen and oxygen atoms in total. The van der Waals surface area contributed by atoms with Crippen molar-refractivity contribution in [2.24, 2.45) is 0 Å². The molecule has 1 aromatic heterocycles. The predicted molar refractivity (Wildman–Crippen MR) is 77.7 cm³/mol. The molecule has 0 aliphatic carbocycles. The van der Waals surface area contributed by atoms with Crippen LogP contribution in [0, 0.1) is 6.92 Å². The van der Waals surface area contributed by atoms with Crippen LogP contribution in [0.5, 0.6) is 5.75 Å². The number of methoxy groups -OCH3 is 1. The summed E-state index contributed by atoms with van der Waals surface area (Å²) in [6.45, 7) is 2.05. The SMILES string of the molecule is COc1cccc(N(C)c2ncc(Br)cc2C)c1. The molecule has 0 N–H and O–H groups in total. The number of pyridine rings is 1. The molecule has 0 saturated heterocycles. The first-order valence-electron chi connectivity index (χ1n) is 5.61. The summed E-state index contributed by atoms with van der Waals surface area (Å²) in [5.74, 6) is 1.78. The number of aryl methyl sites for hydroxylation is 1. The van der Waals surface area contributed by atoms with E-state index in [1.807, 2.05) is 43.1 Å². The summed E-state index contributed by atoms with van der Waals surface area (Å²) in [6.07, 6.45) is 1.80. The molecule has 94 valence electrons. The van der Waals surface area contributed by atoms with E-state index >= 15 is 0 Å². The van der Waals surface area contributed by atoms with E-state index < -0.39 is 0 Å². The lowest BCUT2D eigenvalue weighted by Crippen LogP contribution is -2.12. The Balaban J connectivity index is 2.37. The van der Waals surface area contributed by atoms with E-state index in [1.165, 1.54) is 0 Å². The molecule has 18 heavy (non-hydrogen) atoms. The van der Waals surface area contributed by atoms with Crippen LogP contribution in [0.4, 0.5) is 11.5 Å². The van der Waals surface area contributed by atoms with Gasteiger partial charge in [0.2, 0.25) is 0 Å². The zero-order valence-corrected chi connectivity index (χ0v) is 12.2. The van der Waals surface area contributed by atoms with Crippen LogP contribution >= 0.6 is 15.9 Å². The van der Waals surface area contributed by atoms with E-state index in [9.17, 15) is 0 Å². The highest BCUT2D eigenvalue weighted by molar-refractivity contribution is 9.10. The molecule has 2 aromatic rings. The zero-order chi connectivity index (χ0) is 13.1. The number of benzene rings is 1. The molecular weight excluding hydrogens is 292 g/mol. The summed E-state index contributed by atoms with van der Waals surface area (Å²) < 4.78 is 6.22. The van der Waals surface area contributed by atoms with Crippen molar-refractivity contribution in [1.82, 2.24) is 4.98 Å². The lowest BCUT2D eigenvalue weighted by Gasteiger charge is -2.20. The number of hydrogen-bond acceptors (Lipinski definition) is 3. The molecule has 0 bridgehead atoms. The first-order chi connectivity index (χ1) is 8.61. The van der Waals surface area contributed by atoms with E-state index in [1.54, 1.807) is 13.3 Å². The van der Waals surface area contributed by atoms with Crippen molar-refractivity contribution in [3.63, 3.8) is 0 Å². The molecule has 0 radical (unpaired) electrons. The third kappa shape index (κ3) is 2.64. The molecule has 4 heteroatoms. The largest absolute Gasteiger partial charge is 0.497 e. The summed E-state index contributed by atoms with van der Waals surface area (Å²) in [4.78, 5) is 6.49. The number of halogens is 1. The van der Waals surface area contributed by atoms with Gasteiger partial charge in [0.05, 0.1) is 7.11 Å². The normalized spacial score (nSPS) is 10.2. The topological polar surface area (TPSA) is 25.4 Å². The number of aromatic nitrogens is 1. The minimum atomic E-state index is 0.842. The van der Waals surface area contributed by atoms with Crippen molar-refractivity contribution in [3.8, 4) is 5.75 Å². The maximum atomic E-state index is 5.24. The molecule has 2 rings (SSSR count). The fourth-order valence-corrected chi connectivity index (χ4v) is 2.27. The van der Waals surface area contributed by atoms with Gasteiger partial charge in [0.25, 0.3) is 0 Å². The first kappa shape index (κ1) is 12.9. The molecule has 0 spiro atoms. The van der Waals surface area contributed by atoms with E-state index in [0.717, 1.165) is 27.3 Å². The zero-order valence-electron chi connectivity index (χ0n) is 10.6. The number of nitrogens with zero attached hydrogens (tertiary/aromatic N) is 2. The predicted octanol–water partition coefficient (Wildman–Crippen LogP) is 3.93. The smallest absolute Gasteiger partial charge is 0.135 e. The van der Waals surface area contributed by atoms with Crippen molar-refractivity contribution in [2.75, 3.05) is 19.1 Å². The van der Waals surface area contributed by atoms with Crippen LogP contribution in [0.25, 0.3) is 0 Å². The molecule has 0 atom stereocenters. The Kier molecular flexibility index (Phi) is 3.87. The molecule has 1 heterocycles. The summed E-state index contributed by atoms with van der Waals surface area (Å²) in [6, 6.07) is 9.98. The minimum Gasteiger partial charge on any atom is -0.497 e. The van der Waals surface area contributed by atoms with Gasteiger partial charge in [0.15, 0.2) is 0 Å². The van der Waals surface area contributed by atoms with Crippen LogP contribution in [0.3, 0.4) is 0 Å². The van der Waals surface area contributed by atoms with Crippen LogP contribution < -0.4 is 9.64 Å². The van der Waals surface area contributed by atoms with Crippen LogP contribution in [0.2, 0.25) is 0 Å². The van der Waals surface area contributed by atoms with Gasteiger partial charge in [0, 0.05) is 29.5 Å². The van der Waals surface area contributed by atoms with Gasteiger partial charge in [0.1, 0.15) is 11.6 Å². The van der Waals surface area contributed by atoms with E-state index in [0.29, 0.717) is 0 Å². The van der Waals surface area contributed by atoms with Crippen LogP contribution in [0.15, 0.2) is 41.0 Å². The lowest BCUT2D eigenvalue weighted by molar-refractivity contribution is 0.415. The second-order valence-electron chi connectivity index (χ2n) is 4.05. The maximum absolute atomic E-state index is 5.24. The number of hydrogen-bond donors (Lipinski definition) is 0. The third-order valence-electron chi connectivity index (χ3n) is 2.78. The van der Waals surface area contributed by atoms with Gasteiger partial charge < -0.3 is 9.64 Å².